The topological polar surface area (TPSA) is 97.2 Å². The smallest absolute Gasteiger partial charge is 0.242 e. The highest BCUT2D eigenvalue weighted by Gasteiger charge is 2.20. The Hall–Kier alpha value is -2.78. The van der Waals surface area contributed by atoms with Gasteiger partial charge in [0.1, 0.15) is 5.82 Å². The standard InChI is InChI=1S/C22H29N5O3S/c1-4-5-14-27-20-7-6-18(31(29,30)26(2)3)15-19(20)25-21(27)8-9-22(28)24-16-17-10-12-23-13-11-17/h6-7,10-13,15H,4-5,8-9,14,16H2,1-3H3,(H,24,28). The fourth-order valence-electron chi connectivity index (χ4n) is 3.30. The molecule has 0 aliphatic rings. The van der Waals surface area contributed by atoms with Crippen molar-refractivity contribution in [3.8, 4) is 0 Å². The summed E-state index contributed by atoms with van der Waals surface area (Å²) in [5, 5.41) is 2.92. The number of rotatable bonds is 10. The number of nitrogens with one attached hydrogen (secondary N) is 1. The third-order valence-electron chi connectivity index (χ3n) is 5.13. The second-order valence-corrected chi connectivity index (χ2v) is 9.76. The number of carbonyl (C=O) groups is 1. The number of aromatic nitrogens is 3. The van der Waals surface area contributed by atoms with Gasteiger partial charge in [-0.05, 0) is 42.3 Å². The van der Waals surface area contributed by atoms with Crippen molar-refractivity contribution in [2.45, 2.75) is 50.6 Å². The molecule has 0 atom stereocenters. The fourth-order valence-corrected chi connectivity index (χ4v) is 4.22. The number of benzene rings is 1. The maximum atomic E-state index is 12.5. The van der Waals surface area contributed by atoms with Crippen LogP contribution in [0.15, 0.2) is 47.6 Å². The molecule has 0 aliphatic carbocycles. The summed E-state index contributed by atoms with van der Waals surface area (Å²) in [6.45, 7) is 3.35. The van der Waals surface area contributed by atoms with Crippen LogP contribution < -0.4 is 5.32 Å². The number of imidazole rings is 1. The van der Waals surface area contributed by atoms with Crippen LogP contribution in [0, 0.1) is 0 Å². The van der Waals surface area contributed by atoms with Crippen LogP contribution >= 0.6 is 0 Å². The summed E-state index contributed by atoms with van der Waals surface area (Å²) in [6.07, 6.45) is 6.19. The van der Waals surface area contributed by atoms with E-state index < -0.39 is 10.0 Å². The van der Waals surface area contributed by atoms with E-state index in [-0.39, 0.29) is 10.8 Å². The Balaban J connectivity index is 1.78. The summed E-state index contributed by atoms with van der Waals surface area (Å²) < 4.78 is 28.2. The van der Waals surface area contributed by atoms with Crippen LogP contribution in [-0.2, 0) is 34.3 Å². The summed E-state index contributed by atoms with van der Waals surface area (Å²) in [4.78, 5) is 21.2. The van der Waals surface area contributed by atoms with Crippen molar-refractivity contribution in [2.24, 2.45) is 0 Å². The van der Waals surface area contributed by atoms with E-state index in [0.29, 0.717) is 24.9 Å². The first-order valence-electron chi connectivity index (χ1n) is 10.4. The first-order valence-corrected chi connectivity index (χ1v) is 11.8. The number of pyridine rings is 1. The molecule has 166 valence electrons. The minimum Gasteiger partial charge on any atom is -0.352 e. The van der Waals surface area contributed by atoms with Gasteiger partial charge in [-0.1, -0.05) is 13.3 Å². The maximum Gasteiger partial charge on any atom is 0.242 e. The van der Waals surface area contributed by atoms with Gasteiger partial charge in [0, 0.05) is 52.4 Å². The summed E-state index contributed by atoms with van der Waals surface area (Å²) in [5.41, 5.74) is 2.51. The highest BCUT2D eigenvalue weighted by molar-refractivity contribution is 7.89. The van der Waals surface area contributed by atoms with Crippen LogP contribution in [0.1, 0.15) is 37.6 Å². The van der Waals surface area contributed by atoms with E-state index in [9.17, 15) is 13.2 Å². The number of unbranched alkanes of at least 4 members (excludes halogenated alkanes) is 1. The lowest BCUT2D eigenvalue weighted by molar-refractivity contribution is -0.121. The van der Waals surface area contributed by atoms with E-state index in [0.717, 1.165) is 36.3 Å². The molecule has 0 radical (unpaired) electrons. The Morgan fingerprint density at radius 2 is 1.90 bits per heavy atom. The number of nitrogens with zero attached hydrogens (tertiary/aromatic N) is 4. The molecule has 9 heteroatoms. The molecule has 31 heavy (non-hydrogen) atoms. The second-order valence-electron chi connectivity index (χ2n) is 7.60. The van der Waals surface area contributed by atoms with Gasteiger partial charge in [0.15, 0.2) is 0 Å². The van der Waals surface area contributed by atoms with E-state index in [1.165, 1.54) is 18.4 Å². The van der Waals surface area contributed by atoms with Crippen molar-refractivity contribution in [3.05, 3.63) is 54.1 Å². The van der Waals surface area contributed by atoms with Gasteiger partial charge in [-0.2, -0.15) is 0 Å². The zero-order valence-electron chi connectivity index (χ0n) is 18.2. The minimum atomic E-state index is -3.53. The molecule has 0 saturated carbocycles. The molecule has 2 aromatic heterocycles. The number of carbonyl (C=O) groups excluding carboxylic acids is 1. The molecule has 0 fully saturated rings. The van der Waals surface area contributed by atoms with Crippen molar-refractivity contribution >= 4 is 27.0 Å². The van der Waals surface area contributed by atoms with E-state index in [4.69, 9.17) is 0 Å². The van der Waals surface area contributed by atoms with Gasteiger partial charge in [-0.3, -0.25) is 9.78 Å². The summed E-state index contributed by atoms with van der Waals surface area (Å²) >= 11 is 0. The first-order chi connectivity index (χ1) is 14.8. The Labute approximate surface area is 183 Å². The highest BCUT2D eigenvalue weighted by Crippen LogP contribution is 2.23. The maximum absolute atomic E-state index is 12.5. The zero-order valence-corrected chi connectivity index (χ0v) is 19.0. The highest BCUT2D eigenvalue weighted by atomic mass is 32.2. The van der Waals surface area contributed by atoms with Gasteiger partial charge in [0.05, 0.1) is 15.9 Å². The lowest BCUT2D eigenvalue weighted by Gasteiger charge is -2.11. The van der Waals surface area contributed by atoms with Crippen LogP contribution in [-0.4, -0.2) is 47.3 Å². The molecule has 8 nitrogen and oxygen atoms in total. The SMILES string of the molecule is CCCCn1c(CCC(=O)NCc2ccncc2)nc2cc(S(=O)(=O)N(C)C)ccc21. The largest absolute Gasteiger partial charge is 0.352 e. The number of hydrogen-bond acceptors (Lipinski definition) is 5. The van der Waals surface area contributed by atoms with Crippen molar-refractivity contribution in [1.82, 2.24) is 24.2 Å². The van der Waals surface area contributed by atoms with E-state index in [1.807, 2.05) is 12.1 Å². The molecule has 0 bridgehead atoms. The molecule has 3 aromatic rings. The quantitative estimate of drug-likeness (QED) is 0.520. The molecule has 1 N–H and O–H groups in total. The first kappa shape index (κ1) is 22.9. The third-order valence-corrected chi connectivity index (χ3v) is 6.94. The van der Waals surface area contributed by atoms with Crippen molar-refractivity contribution in [2.75, 3.05) is 14.1 Å². The fraction of sp³-hybridized carbons (Fsp3) is 0.409. The van der Waals surface area contributed by atoms with Crippen LogP contribution in [0.3, 0.4) is 0 Å². The number of amides is 1. The van der Waals surface area contributed by atoms with Crippen molar-refractivity contribution in [1.29, 1.82) is 0 Å². The molecule has 1 aromatic carbocycles. The molecule has 0 unspecified atom stereocenters. The molecular weight excluding hydrogens is 414 g/mol. The van der Waals surface area contributed by atoms with Crippen LogP contribution in [0.25, 0.3) is 11.0 Å². The summed E-state index contributed by atoms with van der Waals surface area (Å²) in [5.74, 6) is 0.740. The lowest BCUT2D eigenvalue weighted by atomic mass is 10.2. The Morgan fingerprint density at radius 3 is 2.58 bits per heavy atom. The molecule has 1 amide bonds. The monoisotopic (exact) mass is 443 g/mol. The van der Waals surface area contributed by atoms with Crippen LogP contribution in [0.5, 0.6) is 0 Å². The molecule has 0 saturated heterocycles. The number of sulfonamides is 1. The van der Waals surface area contributed by atoms with Crippen LogP contribution in [0.2, 0.25) is 0 Å². The molecule has 0 spiro atoms. The third kappa shape index (κ3) is 5.48. The number of aryl methyl sites for hydroxylation is 2. The Bertz CT molecular complexity index is 1140. The number of fused-ring (bicyclic) bond motifs is 1. The van der Waals surface area contributed by atoms with Gasteiger partial charge in [-0.15, -0.1) is 0 Å². The lowest BCUT2D eigenvalue weighted by Crippen LogP contribution is -2.23. The van der Waals surface area contributed by atoms with Crippen molar-refractivity contribution in [3.63, 3.8) is 0 Å². The summed E-state index contributed by atoms with van der Waals surface area (Å²) in [6, 6.07) is 8.77. The van der Waals surface area contributed by atoms with E-state index in [1.54, 1.807) is 30.6 Å². The predicted molar refractivity (Wildman–Crippen MR) is 120 cm³/mol. The molecule has 2 heterocycles. The Kier molecular flexibility index (Phi) is 7.40. The van der Waals surface area contributed by atoms with Crippen molar-refractivity contribution < 1.29 is 13.2 Å². The average Bonchev–Trinajstić information content (AvgIpc) is 3.12. The van der Waals surface area contributed by atoms with Crippen LogP contribution in [0.4, 0.5) is 0 Å². The second kappa shape index (κ2) is 10.0. The van der Waals surface area contributed by atoms with Gasteiger partial charge in [0.25, 0.3) is 0 Å². The van der Waals surface area contributed by atoms with Gasteiger partial charge >= 0.3 is 0 Å². The summed E-state index contributed by atoms with van der Waals surface area (Å²) in [7, 11) is -0.514. The molecule has 0 aliphatic heterocycles. The van der Waals surface area contributed by atoms with Gasteiger partial charge in [0.2, 0.25) is 15.9 Å². The van der Waals surface area contributed by atoms with Gasteiger partial charge < -0.3 is 9.88 Å². The predicted octanol–water partition coefficient (Wildman–Crippen LogP) is 2.73. The normalized spacial score (nSPS) is 11.9. The molecule has 3 rings (SSSR count). The zero-order chi connectivity index (χ0) is 22.4. The minimum absolute atomic E-state index is 0.0539. The Morgan fingerprint density at radius 1 is 1.16 bits per heavy atom. The average molecular weight is 444 g/mol. The van der Waals surface area contributed by atoms with E-state index >= 15 is 0 Å². The number of hydrogen-bond donors (Lipinski definition) is 1. The molecular formula is C22H29N5O3S. The van der Waals surface area contributed by atoms with Gasteiger partial charge in [-0.25, -0.2) is 17.7 Å². The van der Waals surface area contributed by atoms with E-state index in [2.05, 4.69) is 26.8 Å².